The van der Waals surface area contributed by atoms with E-state index in [0.29, 0.717) is 13.0 Å². The van der Waals surface area contributed by atoms with Crippen LogP contribution in [-0.4, -0.2) is 11.7 Å². The lowest BCUT2D eigenvalue weighted by Crippen LogP contribution is -2.14. The summed E-state index contributed by atoms with van der Waals surface area (Å²) in [4.78, 5) is 0. The Bertz CT molecular complexity index is 367. The molecule has 2 nitrogen and oxygen atoms in total. The molecule has 0 aromatic heterocycles. The van der Waals surface area contributed by atoms with Crippen LogP contribution in [0.5, 0.6) is 0 Å². The van der Waals surface area contributed by atoms with Gasteiger partial charge in [0.1, 0.15) is 0 Å². The minimum Gasteiger partial charge on any atom is -0.388 e. The summed E-state index contributed by atoms with van der Waals surface area (Å²) in [5.41, 5.74) is 10.3. The van der Waals surface area contributed by atoms with Crippen molar-refractivity contribution in [2.24, 2.45) is 5.73 Å². The van der Waals surface area contributed by atoms with Crippen LogP contribution in [0.2, 0.25) is 0 Å². The minimum atomic E-state index is -0.436. The van der Waals surface area contributed by atoms with Gasteiger partial charge in [0, 0.05) is 0 Å². The molecule has 0 aliphatic heterocycles. The molecular weight excluding hydrogens is 210 g/mol. The van der Waals surface area contributed by atoms with Gasteiger partial charge in [-0.15, -0.1) is 0 Å². The largest absolute Gasteiger partial charge is 0.388 e. The van der Waals surface area contributed by atoms with Crippen LogP contribution in [0.3, 0.4) is 0 Å². The van der Waals surface area contributed by atoms with Crippen molar-refractivity contribution in [2.45, 2.75) is 52.6 Å². The molecule has 2 heteroatoms. The van der Waals surface area contributed by atoms with Crippen molar-refractivity contribution < 1.29 is 5.11 Å². The Morgan fingerprint density at radius 1 is 1.18 bits per heavy atom. The summed E-state index contributed by atoms with van der Waals surface area (Å²) in [5.74, 6) is 0. The van der Waals surface area contributed by atoms with Gasteiger partial charge in [0.2, 0.25) is 0 Å². The third-order valence-electron chi connectivity index (χ3n) is 3.23. The second-order valence-corrected chi connectivity index (χ2v) is 5.87. The molecule has 0 heterocycles. The molecule has 1 rings (SSSR count). The average molecular weight is 235 g/mol. The zero-order valence-electron chi connectivity index (χ0n) is 11.7. The quantitative estimate of drug-likeness (QED) is 0.846. The maximum Gasteiger partial charge on any atom is 0.0807 e. The van der Waals surface area contributed by atoms with Crippen LogP contribution in [0.25, 0.3) is 0 Å². The van der Waals surface area contributed by atoms with E-state index in [1.807, 2.05) is 0 Å². The molecule has 1 unspecified atom stereocenters. The molecule has 96 valence electrons. The van der Waals surface area contributed by atoms with Gasteiger partial charge in [0.25, 0.3) is 0 Å². The fourth-order valence-electron chi connectivity index (χ4n) is 2.24. The number of aryl methyl sites for hydroxylation is 2. The van der Waals surface area contributed by atoms with Crippen molar-refractivity contribution >= 4 is 0 Å². The lowest BCUT2D eigenvalue weighted by molar-refractivity contribution is 0.169. The Morgan fingerprint density at radius 2 is 1.65 bits per heavy atom. The number of nitrogens with two attached hydrogens (primary N) is 1. The van der Waals surface area contributed by atoms with E-state index in [1.165, 1.54) is 5.56 Å². The summed E-state index contributed by atoms with van der Waals surface area (Å²) in [5, 5.41) is 10.1. The van der Waals surface area contributed by atoms with E-state index in [-0.39, 0.29) is 5.41 Å². The second-order valence-electron chi connectivity index (χ2n) is 5.87. The number of hydrogen-bond donors (Lipinski definition) is 2. The summed E-state index contributed by atoms with van der Waals surface area (Å²) in [6.45, 7) is 11.3. The fourth-order valence-corrected chi connectivity index (χ4v) is 2.24. The molecule has 1 atom stereocenters. The van der Waals surface area contributed by atoms with Gasteiger partial charge < -0.3 is 10.8 Å². The highest BCUT2D eigenvalue weighted by Gasteiger charge is 2.18. The molecule has 0 spiro atoms. The number of benzene rings is 1. The molecule has 1 aromatic rings. The average Bonchev–Trinajstić information content (AvgIpc) is 2.15. The molecule has 0 radical (unpaired) electrons. The molecule has 3 N–H and O–H groups in total. The van der Waals surface area contributed by atoms with Crippen molar-refractivity contribution in [1.82, 2.24) is 0 Å². The van der Waals surface area contributed by atoms with E-state index in [9.17, 15) is 5.11 Å². The van der Waals surface area contributed by atoms with Crippen molar-refractivity contribution in [3.05, 3.63) is 34.4 Å². The third-order valence-corrected chi connectivity index (χ3v) is 3.23. The molecule has 0 bridgehead atoms. The summed E-state index contributed by atoms with van der Waals surface area (Å²) >= 11 is 0. The summed E-state index contributed by atoms with van der Waals surface area (Å²) in [7, 11) is 0. The smallest absolute Gasteiger partial charge is 0.0807 e. The predicted octanol–water partition coefficient (Wildman–Crippen LogP) is 2.98. The molecular formula is C15H25NO. The van der Waals surface area contributed by atoms with Crippen molar-refractivity contribution in [3.8, 4) is 0 Å². The van der Waals surface area contributed by atoms with Crippen LogP contribution in [0.4, 0.5) is 0 Å². The Balaban J connectivity index is 3.20. The van der Waals surface area contributed by atoms with E-state index in [0.717, 1.165) is 16.7 Å². The van der Waals surface area contributed by atoms with Crippen molar-refractivity contribution in [3.63, 3.8) is 0 Å². The molecule has 0 saturated carbocycles. The zero-order chi connectivity index (χ0) is 13.2. The summed E-state index contributed by atoms with van der Waals surface area (Å²) in [6.07, 6.45) is 0.185. The third kappa shape index (κ3) is 3.30. The molecule has 0 fully saturated rings. The molecule has 0 amide bonds. The maximum atomic E-state index is 10.1. The van der Waals surface area contributed by atoms with Crippen LogP contribution in [0, 0.1) is 13.8 Å². The summed E-state index contributed by atoms with van der Waals surface area (Å²) in [6, 6.07) is 4.37. The maximum absolute atomic E-state index is 10.1. The lowest BCUT2D eigenvalue weighted by atomic mass is 9.83. The highest BCUT2D eigenvalue weighted by molar-refractivity contribution is 5.41. The van der Waals surface area contributed by atoms with Gasteiger partial charge in [-0.2, -0.15) is 0 Å². The van der Waals surface area contributed by atoms with Crippen LogP contribution >= 0.6 is 0 Å². The number of rotatable bonds is 3. The van der Waals surface area contributed by atoms with Crippen molar-refractivity contribution in [1.29, 1.82) is 0 Å². The van der Waals surface area contributed by atoms with Gasteiger partial charge in [0.15, 0.2) is 0 Å². The van der Waals surface area contributed by atoms with E-state index in [4.69, 9.17) is 5.73 Å². The molecule has 1 aromatic carbocycles. The second kappa shape index (κ2) is 5.19. The standard InChI is InChI=1S/C15H25NO/c1-10-8-12(15(3,4)5)9-11(2)14(10)13(17)6-7-16/h8-9,13,17H,6-7,16H2,1-5H3. The van der Waals surface area contributed by atoms with Crippen molar-refractivity contribution in [2.75, 3.05) is 6.54 Å². The van der Waals surface area contributed by atoms with Crippen LogP contribution in [-0.2, 0) is 5.41 Å². The topological polar surface area (TPSA) is 46.2 Å². The van der Waals surface area contributed by atoms with Crippen LogP contribution in [0.15, 0.2) is 12.1 Å². The molecule has 0 saturated heterocycles. The fraction of sp³-hybridized carbons (Fsp3) is 0.600. The Hall–Kier alpha value is -0.860. The normalized spacial score (nSPS) is 13.8. The van der Waals surface area contributed by atoms with Crippen LogP contribution in [0.1, 0.15) is 55.5 Å². The zero-order valence-corrected chi connectivity index (χ0v) is 11.7. The van der Waals surface area contributed by atoms with E-state index in [2.05, 4.69) is 46.8 Å². The lowest BCUT2D eigenvalue weighted by Gasteiger charge is -2.24. The van der Waals surface area contributed by atoms with E-state index >= 15 is 0 Å². The minimum absolute atomic E-state index is 0.146. The van der Waals surface area contributed by atoms with Gasteiger partial charge in [-0.3, -0.25) is 0 Å². The van der Waals surface area contributed by atoms with Gasteiger partial charge in [0.05, 0.1) is 6.10 Å². The first-order valence-corrected chi connectivity index (χ1v) is 6.27. The number of aliphatic hydroxyl groups excluding tert-OH is 1. The first-order valence-electron chi connectivity index (χ1n) is 6.27. The highest BCUT2D eigenvalue weighted by atomic mass is 16.3. The number of hydrogen-bond acceptors (Lipinski definition) is 2. The Morgan fingerprint density at radius 3 is 2.00 bits per heavy atom. The van der Waals surface area contributed by atoms with E-state index in [1.54, 1.807) is 0 Å². The van der Waals surface area contributed by atoms with Gasteiger partial charge in [-0.25, -0.2) is 0 Å². The monoisotopic (exact) mass is 235 g/mol. The predicted molar refractivity (Wildman–Crippen MR) is 73.2 cm³/mol. The van der Waals surface area contributed by atoms with Gasteiger partial charge in [-0.05, 0) is 54.5 Å². The molecule has 17 heavy (non-hydrogen) atoms. The Labute approximate surface area is 105 Å². The van der Waals surface area contributed by atoms with Gasteiger partial charge in [-0.1, -0.05) is 32.9 Å². The van der Waals surface area contributed by atoms with Crippen LogP contribution < -0.4 is 5.73 Å². The van der Waals surface area contributed by atoms with E-state index < -0.39 is 6.10 Å². The van der Waals surface area contributed by atoms with Gasteiger partial charge >= 0.3 is 0 Å². The SMILES string of the molecule is Cc1cc(C(C)(C)C)cc(C)c1C(O)CCN. The summed E-state index contributed by atoms with van der Waals surface area (Å²) < 4.78 is 0. The Kier molecular flexibility index (Phi) is 4.34. The first-order chi connectivity index (χ1) is 7.77. The number of aliphatic hydroxyl groups is 1. The highest BCUT2D eigenvalue weighted by Crippen LogP contribution is 2.30. The molecule has 0 aliphatic carbocycles. The first kappa shape index (κ1) is 14.2. The molecule has 0 aliphatic rings.